The van der Waals surface area contributed by atoms with Gasteiger partial charge in [0.2, 0.25) is 41.4 Å². The Hall–Kier alpha value is -13.7. The van der Waals surface area contributed by atoms with Crippen LogP contribution < -0.4 is 40.9 Å². The molecule has 6 saturated heterocycles. The first-order valence-corrected chi connectivity index (χ1v) is 45.5. The molecular formula is C97H103F10N17O13. The largest absolute Gasteiger partial charge is 0.481 e. The smallest absolute Gasteiger partial charge is 0.417 e. The molecule has 137 heavy (non-hydrogen) atoms. The van der Waals surface area contributed by atoms with Gasteiger partial charge in [0.15, 0.2) is 0 Å². The van der Waals surface area contributed by atoms with Crippen molar-refractivity contribution in [3.63, 3.8) is 0 Å². The van der Waals surface area contributed by atoms with Gasteiger partial charge in [0, 0.05) is 162 Å². The number of hydrogen-bond acceptors (Lipinski definition) is 22. The summed E-state index contributed by atoms with van der Waals surface area (Å²) in [5, 5.41) is 18.2. The van der Waals surface area contributed by atoms with Gasteiger partial charge in [0.25, 0.3) is 35.4 Å². The summed E-state index contributed by atoms with van der Waals surface area (Å²) < 4.78 is 142. The van der Waals surface area contributed by atoms with Crippen LogP contribution in [0.15, 0.2) is 122 Å². The highest BCUT2D eigenvalue weighted by Gasteiger charge is 2.48. The van der Waals surface area contributed by atoms with Gasteiger partial charge < -0.3 is 40.2 Å². The number of imide groups is 4. The second kappa shape index (κ2) is 42.3. The van der Waals surface area contributed by atoms with E-state index in [0.717, 1.165) is 72.0 Å². The number of rotatable bonds is 24. The molecule has 8 aliphatic heterocycles. The van der Waals surface area contributed by atoms with Crippen LogP contribution in [0.4, 0.5) is 78.6 Å². The van der Waals surface area contributed by atoms with Crippen molar-refractivity contribution >= 4 is 106 Å². The van der Waals surface area contributed by atoms with Crippen molar-refractivity contribution in [1.29, 1.82) is 0 Å². The van der Waals surface area contributed by atoms with Crippen molar-refractivity contribution in [2.75, 3.05) is 110 Å². The molecule has 0 spiro atoms. The van der Waals surface area contributed by atoms with Crippen LogP contribution in [0.2, 0.25) is 0 Å². The Labute approximate surface area is 781 Å². The van der Waals surface area contributed by atoms with Gasteiger partial charge in [0.1, 0.15) is 35.4 Å². The molecule has 40 heteroatoms. The zero-order chi connectivity index (χ0) is 98.3. The summed E-state index contributed by atoms with van der Waals surface area (Å²) in [6.07, 6.45) is 4.75. The third-order valence-electron chi connectivity index (χ3n) is 26.4. The van der Waals surface area contributed by atoms with Crippen LogP contribution >= 0.6 is 0 Å². The quantitative estimate of drug-likeness (QED) is 0.0213. The summed E-state index contributed by atoms with van der Waals surface area (Å²) in [6.45, 7) is 13.2. The Kier molecular flexibility index (Phi) is 30.7. The number of carboxylic acids is 1. The number of carboxylic acid groups (broad SMARTS) is 1. The number of halogens is 10. The molecule has 724 valence electrons. The minimum Gasteiger partial charge on any atom is -0.481 e. The molecule has 6 fully saturated rings. The molecule has 2 aromatic heterocycles. The number of amides is 11. The molecule has 0 saturated carbocycles. The highest BCUT2D eigenvalue weighted by atomic mass is 19.4. The maximum Gasteiger partial charge on any atom is 0.417 e. The number of aryl methyl sites for hydroxylation is 2. The number of unbranched alkanes of at least 4 members (excludes halogenated alkanes) is 4. The van der Waals surface area contributed by atoms with Gasteiger partial charge in [-0.1, -0.05) is 37.1 Å². The van der Waals surface area contributed by atoms with Crippen molar-refractivity contribution in [3.05, 3.63) is 201 Å². The number of piperazine rings is 3. The SMILES string of the molecule is C[C@@H]1CN(c2cc(F)c(-c3cnc(N4CCCCC4)nc3)cc2NC(=O)c2ccc(F)cc2C(F)(F)F)C[C@H](C)N1C.C[C@@H]1CN(c2cc(F)c(-c3cnc(N4CCN(C(=O)CCCCCc5cccc6c5C(=O)N(C5CCC(=O)NC5=O)C6=O)CC4)nc3)cc2NC(=O)c2ccc(F)cc2C(F)(F)F)C[C@H](C)N1C.O=C(O)CCCCCc1cccc2c1C(=O)N(C1CCC(=O)NC1=O)C2=O. The lowest BCUT2D eigenvalue weighted by Gasteiger charge is -2.44. The fraction of sp³-hybridized carbons (Fsp3) is 0.423. The number of anilines is 6. The van der Waals surface area contributed by atoms with Crippen LogP contribution in [-0.4, -0.2) is 236 Å². The van der Waals surface area contributed by atoms with Gasteiger partial charge in [0.05, 0.1) is 67.3 Å². The second-order valence-corrected chi connectivity index (χ2v) is 35.6. The Morgan fingerprint density at radius 3 is 1.21 bits per heavy atom. The fourth-order valence-electron chi connectivity index (χ4n) is 18.5. The number of piperidine rings is 3. The molecule has 5 N–H and O–H groups in total. The molecule has 0 radical (unpaired) electrons. The predicted molar refractivity (Wildman–Crippen MR) is 484 cm³/mol. The monoisotopic (exact) mass is 1900 g/mol. The average molecular weight is 1900 g/mol. The Morgan fingerprint density at radius 2 is 0.832 bits per heavy atom. The molecule has 8 aliphatic rings. The number of carbonyl (C=O) groups excluding carboxylic acids is 11. The van der Waals surface area contributed by atoms with Gasteiger partial charge in [-0.15, -0.1) is 0 Å². The third kappa shape index (κ3) is 22.5. The van der Waals surface area contributed by atoms with E-state index in [2.05, 4.69) is 55.9 Å². The number of alkyl halides is 6. The summed E-state index contributed by atoms with van der Waals surface area (Å²) in [4.78, 5) is 184. The van der Waals surface area contributed by atoms with E-state index in [9.17, 15) is 92.7 Å². The number of aliphatic carboxylic acids is 1. The van der Waals surface area contributed by atoms with Crippen molar-refractivity contribution in [2.24, 2.45) is 0 Å². The van der Waals surface area contributed by atoms with E-state index in [1.165, 1.54) is 49.1 Å². The number of fused-ring (bicyclic) bond motifs is 2. The number of nitrogens with zero attached hydrogens (tertiary/aromatic N) is 13. The van der Waals surface area contributed by atoms with Crippen LogP contribution in [-0.2, 0) is 54.0 Å². The number of carbonyl (C=O) groups is 12. The van der Waals surface area contributed by atoms with Gasteiger partial charge in [-0.2, -0.15) is 26.3 Å². The molecule has 0 aliphatic carbocycles. The molecule has 10 heterocycles. The molecule has 11 amide bonds. The van der Waals surface area contributed by atoms with Gasteiger partial charge in [-0.3, -0.25) is 87.8 Å². The van der Waals surface area contributed by atoms with Crippen LogP contribution in [0.1, 0.15) is 208 Å². The van der Waals surface area contributed by atoms with E-state index in [-0.39, 0.29) is 125 Å². The lowest BCUT2D eigenvalue weighted by molar-refractivity contribution is -0.138. The zero-order valence-corrected chi connectivity index (χ0v) is 76.0. The van der Waals surface area contributed by atoms with Crippen molar-refractivity contribution < 1.29 is 107 Å². The fourth-order valence-corrected chi connectivity index (χ4v) is 18.5. The second-order valence-electron chi connectivity index (χ2n) is 35.6. The van der Waals surface area contributed by atoms with Crippen LogP contribution in [0.25, 0.3) is 22.3 Å². The molecule has 16 rings (SSSR count). The predicted octanol–water partition coefficient (Wildman–Crippen LogP) is 13.6. The van der Waals surface area contributed by atoms with E-state index in [1.54, 1.807) is 41.3 Å². The number of likely N-dealkylation sites (N-methyl/N-ethyl adjacent to an activating group) is 2. The van der Waals surface area contributed by atoms with E-state index in [1.807, 2.05) is 56.5 Å². The maximum absolute atomic E-state index is 16.1. The van der Waals surface area contributed by atoms with Gasteiger partial charge >= 0.3 is 18.3 Å². The number of aromatic nitrogens is 4. The van der Waals surface area contributed by atoms with E-state index >= 15 is 8.78 Å². The highest BCUT2D eigenvalue weighted by Crippen LogP contribution is 2.43. The van der Waals surface area contributed by atoms with Crippen molar-refractivity contribution in [1.82, 2.24) is 55.1 Å². The van der Waals surface area contributed by atoms with E-state index in [0.29, 0.717) is 144 Å². The first-order valence-electron chi connectivity index (χ1n) is 45.5. The molecular weight excluding hydrogens is 1800 g/mol. The lowest BCUT2D eigenvalue weighted by atomic mass is 9.97. The number of hydrogen-bond donors (Lipinski definition) is 5. The maximum atomic E-state index is 16.1. The molecule has 6 aromatic carbocycles. The highest BCUT2D eigenvalue weighted by molar-refractivity contribution is 6.25. The lowest BCUT2D eigenvalue weighted by Crippen LogP contribution is -2.55. The van der Waals surface area contributed by atoms with Crippen LogP contribution in [0, 0.1) is 23.3 Å². The third-order valence-corrected chi connectivity index (χ3v) is 26.4. The van der Waals surface area contributed by atoms with Crippen molar-refractivity contribution in [3.8, 4) is 22.3 Å². The summed E-state index contributed by atoms with van der Waals surface area (Å²) >= 11 is 0. The van der Waals surface area contributed by atoms with E-state index in [4.69, 9.17) is 5.11 Å². The van der Waals surface area contributed by atoms with Crippen LogP contribution in [0.3, 0.4) is 0 Å². The zero-order valence-electron chi connectivity index (χ0n) is 76.0. The molecule has 2 unspecified atom stereocenters. The minimum atomic E-state index is -5.02. The molecule has 8 aromatic rings. The van der Waals surface area contributed by atoms with E-state index < -0.39 is 135 Å². The normalized spacial score (nSPS) is 20.0. The summed E-state index contributed by atoms with van der Waals surface area (Å²) in [6, 6.07) is 17.2. The topological polar surface area (TPSA) is 354 Å². The van der Waals surface area contributed by atoms with Gasteiger partial charge in [-0.05, 0) is 196 Å². The molecule has 0 bridgehead atoms. The summed E-state index contributed by atoms with van der Waals surface area (Å²) in [5.74, 6) is -10.0. The van der Waals surface area contributed by atoms with Gasteiger partial charge in [-0.25, -0.2) is 37.5 Å². The Morgan fingerprint density at radius 1 is 0.445 bits per heavy atom. The first kappa shape index (κ1) is 99.3. The molecule has 30 nitrogen and oxygen atoms in total. The Balaban J connectivity index is 0.000000183. The number of nitrogens with one attached hydrogen (secondary N) is 4. The summed E-state index contributed by atoms with van der Waals surface area (Å²) in [7, 11) is 3.94. The standard InChI is InChI=1S/C48H50F5N9O6.C30H33F5N6O.C19H20N2O6/c1-27-25-61(26-28(2)58(27)3)39-22-36(50)34(21-37(39)56-43(65)32-13-12-31(49)20-35(32)48(51,52)53)30-23-54-47(55-24-30)60-18-16-59(17-19-60)41(64)11-6-4-5-8-29-9-7-10-33-42(29)46(68)62(45(33)67)38-14-15-40(63)57-44(38)66;1-18-16-41(17-19(2)39(18)3)27-13-25(32)23(20-14-36-29(37-15-20)40-9-5-4-6-10-40)12-26(27)38-28(42)22-8-7-21(31)11-24(22)30(33,34)35;22-14-10-9-13(17(25)20-14)21-18(26)12-7-4-6-11(16(12)19(21)27)5-2-1-3-8-15(23)24/h7,9-10,12-13,20-24,27-28,38H,4-6,8,11,14-19,25-26H2,1-3H3,(H,56,65)(H,57,63,66);7-8,11-15,18-19H,4-6,9-10,16-17H2,1-3H3,(H,38,42);4,6-7,13H,1-3,5,8-10H2,(H,23,24)(H,20,22,25)/t27-,28+,38?;18-,19+;. The first-order chi connectivity index (χ1) is 65.2. The minimum absolute atomic E-state index is 0.0101. The van der Waals surface area contributed by atoms with Crippen LogP contribution in [0.5, 0.6) is 0 Å². The average Bonchev–Trinajstić information content (AvgIpc) is 1.62. The molecule has 6 atom stereocenters. The van der Waals surface area contributed by atoms with Crippen molar-refractivity contribution in [2.45, 2.75) is 185 Å². The summed E-state index contributed by atoms with van der Waals surface area (Å²) in [5.41, 5.74) is -0.449. The number of benzene rings is 6. The Bertz CT molecular complexity index is 5970.